The van der Waals surface area contributed by atoms with Gasteiger partial charge in [-0.25, -0.2) is 4.98 Å². The van der Waals surface area contributed by atoms with Gasteiger partial charge in [0.15, 0.2) is 5.13 Å². The summed E-state index contributed by atoms with van der Waals surface area (Å²) in [5.41, 5.74) is 1.58. The third-order valence-corrected chi connectivity index (χ3v) is 3.87. The minimum absolute atomic E-state index is 0.314. The van der Waals surface area contributed by atoms with Crippen LogP contribution >= 0.6 is 33.9 Å². The van der Waals surface area contributed by atoms with E-state index in [1.165, 1.54) is 11.3 Å². The molecule has 1 aromatic carbocycles. The lowest BCUT2D eigenvalue weighted by atomic mass is 10.2. The van der Waals surface area contributed by atoms with E-state index in [0.717, 1.165) is 9.13 Å². The van der Waals surface area contributed by atoms with Gasteiger partial charge in [-0.1, -0.05) is 12.1 Å². The van der Waals surface area contributed by atoms with Crippen molar-refractivity contribution in [2.45, 2.75) is 6.18 Å². The predicted octanol–water partition coefficient (Wildman–Crippen LogP) is 3.93. The molecule has 0 saturated carbocycles. The van der Waals surface area contributed by atoms with E-state index >= 15 is 0 Å². The second kappa shape index (κ2) is 7.38. The molecule has 1 aromatic heterocycles. The van der Waals surface area contributed by atoms with Crippen molar-refractivity contribution in [3.05, 3.63) is 33.2 Å². The van der Waals surface area contributed by atoms with Crippen LogP contribution in [0.5, 0.6) is 0 Å². The number of thiazole rings is 1. The number of carbonyl (C=O) groups is 1. The van der Waals surface area contributed by atoms with Crippen molar-refractivity contribution in [2.75, 3.05) is 18.5 Å². The van der Waals surface area contributed by atoms with E-state index in [1.807, 2.05) is 24.3 Å². The van der Waals surface area contributed by atoms with E-state index in [1.54, 1.807) is 5.38 Å². The molecule has 0 atom stereocenters. The zero-order chi connectivity index (χ0) is 16.2. The number of nitrogens with zero attached hydrogens (tertiary/aromatic N) is 1. The second-order valence-electron chi connectivity index (χ2n) is 4.20. The zero-order valence-electron chi connectivity index (χ0n) is 11.0. The van der Waals surface area contributed by atoms with Crippen molar-refractivity contribution in [2.24, 2.45) is 0 Å². The number of halogens is 4. The molecule has 4 nitrogen and oxygen atoms in total. The van der Waals surface area contributed by atoms with Gasteiger partial charge in [0.1, 0.15) is 13.2 Å². The van der Waals surface area contributed by atoms with Crippen molar-refractivity contribution >= 4 is 45.0 Å². The summed E-state index contributed by atoms with van der Waals surface area (Å²) >= 11 is 3.38. The maximum Gasteiger partial charge on any atom is 0.411 e. The van der Waals surface area contributed by atoms with Gasteiger partial charge in [0.2, 0.25) is 0 Å². The van der Waals surface area contributed by atoms with Crippen LogP contribution in [-0.2, 0) is 9.53 Å². The van der Waals surface area contributed by atoms with Crippen molar-refractivity contribution in [1.82, 2.24) is 4.98 Å². The molecule has 118 valence electrons. The SMILES string of the molecule is O=C(COCC(F)(F)F)Nc1nc(-c2ccc(I)cc2)cs1. The van der Waals surface area contributed by atoms with Crippen LogP contribution in [0.3, 0.4) is 0 Å². The molecule has 0 unspecified atom stereocenters. The van der Waals surface area contributed by atoms with Gasteiger partial charge in [0.05, 0.1) is 5.69 Å². The Morgan fingerprint density at radius 3 is 2.64 bits per heavy atom. The summed E-state index contributed by atoms with van der Waals surface area (Å²) in [5, 5.41) is 4.48. The molecule has 0 aliphatic heterocycles. The lowest BCUT2D eigenvalue weighted by Gasteiger charge is -2.06. The van der Waals surface area contributed by atoms with E-state index in [9.17, 15) is 18.0 Å². The molecule has 0 aliphatic carbocycles. The highest BCUT2D eigenvalue weighted by Crippen LogP contribution is 2.25. The minimum atomic E-state index is -4.44. The number of ether oxygens (including phenoxy) is 1. The van der Waals surface area contributed by atoms with Crippen LogP contribution in [0.4, 0.5) is 18.3 Å². The van der Waals surface area contributed by atoms with Gasteiger partial charge in [0, 0.05) is 14.5 Å². The Bertz CT molecular complexity index is 643. The first kappa shape index (κ1) is 17.2. The molecule has 1 heterocycles. The smallest absolute Gasteiger partial charge is 0.362 e. The van der Waals surface area contributed by atoms with Crippen LogP contribution in [-0.4, -0.2) is 30.3 Å². The molecule has 0 saturated heterocycles. The normalized spacial score (nSPS) is 11.5. The Morgan fingerprint density at radius 1 is 1.32 bits per heavy atom. The standard InChI is InChI=1S/C13H10F3IN2O2S/c14-13(15,16)7-21-5-11(20)19-12-18-10(6-22-12)8-1-3-9(17)4-2-8/h1-4,6H,5,7H2,(H,18,19,20). The number of nitrogens with one attached hydrogen (secondary N) is 1. The molecule has 1 N–H and O–H groups in total. The Morgan fingerprint density at radius 2 is 2.00 bits per heavy atom. The van der Waals surface area contributed by atoms with Crippen LogP contribution in [0.25, 0.3) is 11.3 Å². The fourth-order valence-corrected chi connectivity index (χ4v) is 2.59. The molecule has 0 bridgehead atoms. The van der Waals surface area contributed by atoms with E-state index in [0.29, 0.717) is 10.8 Å². The molecule has 0 fully saturated rings. The Hall–Kier alpha value is -1.20. The lowest BCUT2D eigenvalue weighted by Crippen LogP contribution is -2.23. The monoisotopic (exact) mass is 442 g/mol. The molecule has 9 heteroatoms. The van der Waals surface area contributed by atoms with E-state index in [4.69, 9.17) is 0 Å². The maximum atomic E-state index is 11.9. The minimum Gasteiger partial charge on any atom is -0.362 e. The summed E-state index contributed by atoms with van der Waals surface area (Å²) in [6.45, 7) is -2.12. The number of aromatic nitrogens is 1. The molecule has 2 aromatic rings. The number of carbonyl (C=O) groups excluding carboxylic acids is 1. The van der Waals surface area contributed by atoms with Crippen LogP contribution in [0, 0.1) is 3.57 Å². The highest BCUT2D eigenvalue weighted by molar-refractivity contribution is 14.1. The third kappa shape index (κ3) is 5.54. The molecule has 1 amide bonds. The van der Waals surface area contributed by atoms with E-state index < -0.39 is 25.3 Å². The van der Waals surface area contributed by atoms with Gasteiger partial charge in [-0.3, -0.25) is 10.1 Å². The molecular formula is C13H10F3IN2O2S. The quantitative estimate of drug-likeness (QED) is 0.715. The number of hydrogen-bond acceptors (Lipinski definition) is 4. The molecule has 0 aliphatic rings. The fourth-order valence-electron chi connectivity index (χ4n) is 1.50. The van der Waals surface area contributed by atoms with Gasteiger partial charge in [-0.2, -0.15) is 13.2 Å². The number of alkyl halides is 3. The summed E-state index contributed by atoms with van der Waals surface area (Å²) in [6.07, 6.45) is -4.44. The Kier molecular flexibility index (Phi) is 5.75. The zero-order valence-corrected chi connectivity index (χ0v) is 14.0. The van der Waals surface area contributed by atoms with Crippen LogP contribution < -0.4 is 5.32 Å². The summed E-state index contributed by atoms with van der Waals surface area (Å²) in [6, 6.07) is 7.65. The molecule has 0 radical (unpaired) electrons. The van der Waals surface area contributed by atoms with E-state index in [-0.39, 0.29) is 0 Å². The van der Waals surface area contributed by atoms with Gasteiger partial charge in [0.25, 0.3) is 5.91 Å². The first-order valence-corrected chi connectivity index (χ1v) is 7.95. The van der Waals surface area contributed by atoms with Gasteiger partial charge in [-0.15, -0.1) is 11.3 Å². The van der Waals surface area contributed by atoms with Crippen molar-refractivity contribution < 1.29 is 22.7 Å². The second-order valence-corrected chi connectivity index (χ2v) is 6.30. The van der Waals surface area contributed by atoms with Crippen LogP contribution in [0.15, 0.2) is 29.6 Å². The molecule has 2 rings (SSSR count). The van der Waals surface area contributed by atoms with Gasteiger partial charge >= 0.3 is 6.18 Å². The van der Waals surface area contributed by atoms with Crippen LogP contribution in [0.2, 0.25) is 0 Å². The third-order valence-electron chi connectivity index (χ3n) is 2.39. The van der Waals surface area contributed by atoms with Crippen molar-refractivity contribution in [3.8, 4) is 11.3 Å². The van der Waals surface area contributed by atoms with Crippen molar-refractivity contribution in [1.29, 1.82) is 0 Å². The number of rotatable bonds is 5. The highest BCUT2D eigenvalue weighted by Gasteiger charge is 2.27. The van der Waals surface area contributed by atoms with Gasteiger partial charge in [-0.05, 0) is 34.7 Å². The average molecular weight is 442 g/mol. The molecular weight excluding hydrogens is 432 g/mol. The Labute approximate surface area is 141 Å². The summed E-state index contributed by atoms with van der Waals surface area (Å²) in [4.78, 5) is 15.7. The van der Waals surface area contributed by atoms with Crippen molar-refractivity contribution in [3.63, 3.8) is 0 Å². The summed E-state index contributed by atoms with van der Waals surface area (Å²) < 4.78 is 41.0. The molecule has 0 spiro atoms. The van der Waals surface area contributed by atoms with E-state index in [2.05, 4.69) is 37.6 Å². The highest BCUT2D eigenvalue weighted by atomic mass is 127. The average Bonchev–Trinajstić information content (AvgIpc) is 2.86. The largest absolute Gasteiger partial charge is 0.411 e. The number of amides is 1. The summed E-state index contributed by atoms with van der Waals surface area (Å²) in [7, 11) is 0. The lowest BCUT2D eigenvalue weighted by molar-refractivity contribution is -0.174. The number of hydrogen-bond donors (Lipinski definition) is 1. The van der Waals surface area contributed by atoms with Gasteiger partial charge < -0.3 is 4.74 Å². The molecule has 22 heavy (non-hydrogen) atoms. The fraction of sp³-hybridized carbons (Fsp3) is 0.231. The number of anilines is 1. The first-order valence-electron chi connectivity index (χ1n) is 5.99. The predicted molar refractivity (Wildman–Crippen MR) is 85.8 cm³/mol. The first-order chi connectivity index (χ1) is 10.3. The van der Waals surface area contributed by atoms with Crippen LogP contribution in [0.1, 0.15) is 0 Å². The summed E-state index contributed by atoms with van der Waals surface area (Å²) in [5.74, 6) is -0.673. The number of benzene rings is 1. The topological polar surface area (TPSA) is 51.2 Å². The Balaban J connectivity index is 1.89. The maximum absolute atomic E-state index is 11.9.